The molecule has 1 aliphatic rings. The molecule has 5 rings (SSSR count). The molecule has 1 fully saturated rings. The number of hydrogen-bond donors (Lipinski definition) is 1. The van der Waals surface area contributed by atoms with E-state index in [0.29, 0.717) is 17.8 Å². The fraction of sp³-hybridized carbons (Fsp3) is 0.419. The predicted octanol–water partition coefficient (Wildman–Crippen LogP) is 5.14. The van der Waals surface area contributed by atoms with E-state index in [9.17, 15) is 4.79 Å². The number of carbonyl (C=O) groups excluding carboxylic acids is 1. The van der Waals surface area contributed by atoms with E-state index < -0.39 is 11.6 Å². The Hall–Kier alpha value is -3.92. The molecule has 216 valence electrons. The summed E-state index contributed by atoms with van der Waals surface area (Å²) in [5.74, 6) is -0.322. The van der Waals surface area contributed by atoms with Crippen molar-refractivity contribution >= 4 is 11.4 Å². The van der Waals surface area contributed by atoms with Gasteiger partial charge >= 0.3 is 0 Å². The second-order valence-electron chi connectivity index (χ2n) is 11.3. The Kier molecular flexibility index (Phi) is 8.04. The number of benzene rings is 1. The van der Waals surface area contributed by atoms with Crippen molar-refractivity contribution in [3.63, 3.8) is 0 Å². The fourth-order valence-electron chi connectivity index (χ4n) is 6.18. The number of halogens is 2. The highest BCUT2D eigenvalue weighted by atomic mass is 19.1. The number of rotatable bonds is 7. The Labute approximate surface area is 238 Å². The minimum absolute atomic E-state index is 0.0120. The van der Waals surface area contributed by atoms with Crippen molar-refractivity contribution in [2.75, 3.05) is 7.05 Å². The van der Waals surface area contributed by atoms with Crippen molar-refractivity contribution in [3.8, 4) is 17.0 Å². The van der Waals surface area contributed by atoms with E-state index in [-0.39, 0.29) is 52.9 Å². The summed E-state index contributed by atoms with van der Waals surface area (Å²) in [5, 5.41) is 4.58. The number of carbonyl (C=O) groups is 1. The van der Waals surface area contributed by atoms with Gasteiger partial charge in [0.05, 0.1) is 29.1 Å². The summed E-state index contributed by atoms with van der Waals surface area (Å²) >= 11 is 0. The number of pyridine rings is 1. The van der Waals surface area contributed by atoms with Crippen LogP contribution in [-0.4, -0.2) is 55.6 Å². The molecule has 0 spiro atoms. The molecule has 1 amide bonds. The number of likely N-dealkylation sites (N-methyl/N-ethyl adjacent to an activating group) is 1. The van der Waals surface area contributed by atoms with Crippen LogP contribution < -0.4 is 10.5 Å². The second-order valence-corrected chi connectivity index (χ2v) is 11.3. The lowest BCUT2D eigenvalue weighted by molar-refractivity contribution is -0.131. The van der Waals surface area contributed by atoms with Gasteiger partial charge in [-0.2, -0.15) is 5.10 Å². The maximum atomic E-state index is 15.0. The summed E-state index contributed by atoms with van der Waals surface area (Å²) in [4.78, 5) is 22.7. The van der Waals surface area contributed by atoms with Gasteiger partial charge in [0.2, 0.25) is 5.91 Å². The lowest BCUT2D eigenvalue weighted by Crippen LogP contribution is -2.54. The van der Waals surface area contributed by atoms with Gasteiger partial charge in [0.1, 0.15) is 23.2 Å². The van der Waals surface area contributed by atoms with Gasteiger partial charge in [0.25, 0.3) is 0 Å². The van der Waals surface area contributed by atoms with Gasteiger partial charge in [-0.05, 0) is 67.9 Å². The SMILES string of the molecule is CC(=O)N(C)[C@@H]1[C@H](N)C[C@H](c2ccncc2Cc2ncc3ccc(-c4c(F)cc(OC(C)C)cc4F)nn23)C[C@@H]1C. The first-order valence-corrected chi connectivity index (χ1v) is 13.9. The van der Waals surface area contributed by atoms with E-state index in [4.69, 9.17) is 10.5 Å². The third-order valence-corrected chi connectivity index (χ3v) is 8.01. The van der Waals surface area contributed by atoms with E-state index in [1.807, 2.05) is 19.3 Å². The maximum Gasteiger partial charge on any atom is 0.219 e. The van der Waals surface area contributed by atoms with Crippen molar-refractivity contribution in [1.82, 2.24) is 24.5 Å². The molecule has 2 N–H and O–H groups in total. The van der Waals surface area contributed by atoms with E-state index in [2.05, 4.69) is 22.0 Å². The summed E-state index contributed by atoms with van der Waals surface area (Å²) in [7, 11) is 1.82. The van der Waals surface area contributed by atoms with Crippen LogP contribution in [0.5, 0.6) is 5.75 Å². The van der Waals surface area contributed by atoms with E-state index in [0.717, 1.165) is 24.0 Å². The third-order valence-electron chi connectivity index (χ3n) is 8.01. The molecule has 1 aliphatic carbocycles. The van der Waals surface area contributed by atoms with Gasteiger partial charge in [-0.15, -0.1) is 0 Å². The van der Waals surface area contributed by atoms with Gasteiger partial charge in [0.15, 0.2) is 0 Å². The van der Waals surface area contributed by atoms with Crippen molar-refractivity contribution in [2.24, 2.45) is 11.7 Å². The van der Waals surface area contributed by atoms with Crippen LogP contribution in [0.25, 0.3) is 16.8 Å². The second kappa shape index (κ2) is 11.5. The lowest BCUT2D eigenvalue weighted by atomic mass is 9.72. The summed E-state index contributed by atoms with van der Waals surface area (Å²) in [6.45, 7) is 7.30. The Balaban J connectivity index is 1.44. The first-order valence-electron chi connectivity index (χ1n) is 13.9. The van der Waals surface area contributed by atoms with Crippen molar-refractivity contribution in [3.05, 3.63) is 77.5 Å². The van der Waals surface area contributed by atoms with Crippen LogP contribution in [0.15, 0.2) is 48.9 Å². The molecule has 4 atom stereocenters. The highest BCUT2D eigenvalue weighted by molar-refractivity contribution is 5.73. The highest BCUT2D eigenvalue weighted by Gasteiger charge is 2.38. The first kappa shape index (κ1) is 28.6. The van der Waals surface area contributed by atoms with Gasteiger partial charge in [-0.1, -0.05) is 6.92 Å². The normalized spacial score (nSPS) is 20.9. The third kappa shape index (κ3) is 5.79. The monoisotopic (exact) mass is 562 g/mol. The Morgan fingerprint density at radius 2 is 1.90 bits per heavy atom. The summed E-state index contributed by atoms with van der Waals surface area (Å²) in [6.07, 6.45) is 7.14. The Morgan fingerprint density at radius 1 is 1.17 bits per heavy atom. The quantitative estimate of drug-likeness (QED) is 0.335. The number of imidazole rings is 1. The Morgan fingerprint density at radius 3 is 2.56 bits per heavy atom. The van der Waals surface area contributed by atoms with Crippen LogP contribution in [0.2, 0.25) is 0 Å². The molecule has 4 aromatic rings. The maximum absolute atomic E-state index is 15.0. The molecule has 10 heteroatoms. The molecule has 1 saturated carbocycles. The molecule has 0 radical (unpaired) electrons. The summed E-state index contributed by atoms with van der Waals surface area (Å²) in [6, 6.07) is 7.53. The molecule has 0 unspecified atom stereocenters. The zero-order chi connectivity index (χ0) is 29.4. The molecule has 1 aromatic carbocycles. The molecule has 8 nitrogen and oxygen atoms in total. The topological polar surface area (TPSA) is 98.6 Å². The summed E-state index contributed by atoms with van der Waals surface area (Å²) in [5.41, 5.74) is 9.38. The van der Waals surface area contributed by atoms with Gasteiger partial charge in [-0.3, -0.25) is 9.78 Å². The molecular formula is C31H36F2N6O2. The average Bonchev–Trinajstić information content (AvgIpc) is 3.29. The van der Waals surface area contributed by atoms with Gasteiger partial charge in [-0.25, -0.2) is 18.3 Å². The molecule has 3 heterocycles. The van der Waals surface area contributed by atoms with Crippen LogP contribution in [0, 0.1) is 17.6 Å². The highest BCUT2D eigenvalue weighted by Crippen LogP contribution is 2.39. The van der Waals surface area contributed by atoms with Crippen molar-refractivity contribution < 1.29 is 18.3 Å². The smallest absolute Gasteiger partial charge is 0.219 e. The van der Waals surface area contributed by atoms with Crippen molar-refractivity contribution in [2.45, 2.75) is 71.1 Å². The molecule has 3 aromatic heterocycles. The van der Waals surface area contributed by atoms with Gasteiger partial charge in [0, 0.05) is 57.0 Å². The fourth-order valence-corrected chi connectivity index (χ4v) is 6.18. The first-order chi connectivity index (χ1) is 19.5. The molecule has 0 aliphatic heterocycles. The van der Waals surface area contributed by atoms with E-state index in [1.165, 1.54) is 12.1 Å². The molecule has 41 heavy (non-hydrogen) atoms. The number of nitrogens with two attached hydrogens (primary N) is 1. The van der Waals surface area contributed by atoms with E-state index >= 15 is 8.78 Å². The molecular weight excluding hydrogens is 526 g/mol. The van der Waals surface area contributed by atoms with Crippen LogP contribution >= 0.6 is 0 Å². The number of amides is 1. The zero-order valence-electron chi connectivity index (χ0n) is 24.0. The van der Waals surface area contributed by atoms with Crippen LogP contribution in [0.4, 0.5) is 8.78 Å². The number of aromatic nitrogens is 4. The van der Waals surface area contributed by atoms with E-state index in [1.54, 1.807) is 54.7 Å². The average molecular weight is 563 g/mol. The largest absolute Gasteiger partial charge is 0.491 e. The molecule has 0 bridgehead atoms. The lowest BCUT2D eigenvalue weighted by Gasteiger charge is -2.43. The number of ether oxygens (including phenoxy) is 1. The number of hydrogen-bond acceptors (Lipinski definition) is 6. The Bertz CT molecular complexity index is 1540. The zero-order valence-corrected chi connectivity index (χ0v) is 24.0. The van der Waals surface area contributed by atoms with Crippen LogP contribution in [0.1, 0.15) is 63.4 Å². The van der Waals surface area contributed by atoms with Gasteiger partial charge < -0.3 is 15.4 Å². The predicted molar refractivity (Wildman–Crippen MR) is 152 cm³/mol. The van der Waals surface area contributed by atoms with Crippen LogP contribution in [0.3, 0.4) is 0 Å². The molecule has 0 saturated heterocycles. The van der Waals surface area contributed by atoms with Crippen LogP contribution in [-0.2, 0) is 11.2 Å². The van der Waals surface area contributed by atoms with Crippen molar-refractivity contribution in [1.29, 1.82) is 0 Å². The minimum atomic E-state index is -0.750. The number of nitrogens with zero attached hydrogens (tertiary/aromatic N) is 5. The summed E-state index contributed by atoms with van der Waals surface area (Å²) < 4.78 is 37.2. The standard InChI is InChI=1S/C31H36F2N6O2/c1-17(2)41-23-13-25(32)30(26(33)14-23)28-7-6-22-16-36-29(39(22)37-28)12-21-15-35-9-8-24(21)20-10-18(3)31(27(34)11-20)38(5)19(4)40/h6-9,13-18,20,27,31H,10-12,34H2,1-5H3/t18-,20+,27+,31-/m0/s1. The minimum Gasteiger partial charge on any atom is -0.491 e. The number of fused-ring (bicyclic) bond motifs is 1.